The molecule has 3 aliphatic rings. The van der Waals surface area contributed by atoms with Crippen molar-refractivity contribution < 1.29 is 22.7 Å². The lowest BCUT2D eigenvalue weighted by atomic mass is 9.94. The number of carbonyl (C=O) groups is 1. The maximum absolute atomic E-state index is 13.4. The van der Waals surface area contributed by atoms with Gasteiger partial charge in [0.1, 0.15) is 16.7 Å². The molecule has 1 unspecified atom stereocenters. The maximum atomic E-state index is 13.4. The predicted molar refractivity (Wildman–Crippen MR) is 153 cm³/mol. The number of halogens is 3. The SMILES string of the molecule is C=C/C1=N\C(=C)NCCC2CN(c3nc(-n4ccc(OCCC5(C(F)(F)F)CC5)n4)ccc3C(=O)NS1)C(C)(C)C2. The van der Waals surface area contributed by atoms with E-state index in [1.165, 1.54) is 4.68 Å². The highest BCUT2D eigenvalue weighted by atomic mass is 32.2. The molecule has 1 aliphatic carbocycles. The van der Waals surface area contributed by atoms with Gasteiger partial charge in [-0.15, -0.1) is 5.10 Å². The molecule has 5 rings (SSSR count). The van der Waals surface area contributed by atoms with Crippen LogP contribution >= 0.6 is 11.9 Å². The first-order valence-electron chi connectivity index (χ1n) is 13.6. The van der Waals surface area contributed by atoms with E-state index in [-0.39, 0.29) is 43.2 Å². The molecule has 9 nitrogen and oxygen atoms in total. The molecule has 2 aromatic heterocycles. The van der Waals surface area contributed by atoms with Crippen molar-refractivity contribution in [3.05, 3.63) is 55.0 Å². The van der Waals surface area contributed by atoms with Crippen molar-refractivity contribution in [3.8, 4) is 11.7 Å². The zero-order valence-corrected chi connectivity index (χ0v) is 23.9. The fourth-order valence-electron chi connectivity index (χ4n) is 5.45. The van der Waals surface area contributed by atoms with Gasteiger partial charge in [0.25, 0.3) is 5.91 Å². The van der Waals surface area contributed by atoms with Gasteiger partial charge >= 0.3 is 6.18 Å². The number of rotatable bonds is 6. The molecular weight excluding hydrogens is 555 g/mol. The summed E-state index contributed by atoms with van der Waals surface area (Å²) < 4.78 is 49.6. The van der Waals surface area contributed by atoms with Crippen molar-refractivity contribution in [3.63, 3.8) is 0 Å². The van der Waals surface area contributed by atoms with E-state index >= 15 is 0 Å². The molecule has 1 atom stereocenters. The third kappa shape index (κ3) is 6.24. The Balaban J connectivity index is 1.40. The van der Waals surface area contributed by atoms with E-state index in [1.54, 1.807) is 30.5 Å². The quantitative estimate of drug-likeness (QED) is 0.435. The molecule has 2 N–H and O–H groups in total. The van der Waals surface area contributed by atoms with Crippen molar-refractivity contribution in [2.75, 3.05) is 24.6 Å². The number of aromatic nitrogens is 3. The molecular formula is C28H34F3N7O2S. The van der Waals surface area contributed by atoms with Gasteiger partial charge in [0.15, 0.2) is 5.82 Å². The molecule has 0 aromatic carbocycles. The monoisotopic (exact) mass is 589 g/mol. The second-order valence-electron chi connectivity index (χ2n) is 11.4. The first kappa shape index (κ1) is 29.0. The largest absolute Gasteiger partial charge is 0.477 e. The van der Waals surface area contributed by atoms with Gasteiger partial charge in [-0.1, -0.05) is 13.2 Å². The average Bonchev–Trinajstić information content (AvgIpc) is 3.47. The Labute approximate surface area is 241 Å². The van der Waals surface area contributed by atoms with Gasteiger partial charge in [-0.3, -0.25) is 9.52 Å². The van der Waals surface area contributed by atoms with Crippen LogP contribution in [0.4, 0.5) is 19.0 Å². The van der Waals surface area contributed by atoms with Crippen LogP contribution in [0.15, 0.2) is 54.4 Å². The fourth-order valence-corrected chi connectivity index (χ4v) is 5.99. The van der Waals surface area contributed by atoms with Crippen LogP contribution < -0.4 is 19.7 Å². The molecule has 2 bridgehead atoms. The van der Waals surface area contributed by atoms with Gasteiger partial charge in [-0.25, -0.2) is 14.7 Å². The van der Waals surface area contributed by atoms with Gasteiger partial charge < -0.3 is 15.0 Å². The number of hydrogen-bond acceptors (Lipinski definition) is 8. The molecule has 2 aliphatic heterocycles. The van der Waals surface area contributed by atoms with Crippen molar-refractivity contribution in [1.82, 2.24) is 24.8 Å². The Morgan fingerprint density at radius 3 is 2.76 bits per heavy atom. The summed E-state index contributed by atoms with van der Waals surface area (Å²) in [5.41, 5.74) is -1.49. The minimum absolute atomic E-state index is 0.0759. The average molecular weight is 590 g/mol. The van der Waals surface area contributed by atoms with E-state index in [0.717, 1.165) is 24.8 Å². The molecule has 0 spiro atoms. The van der Waals surface area contributed by atoms with E-state index in [0.29, 0.717) is 47.1 Å². The lowest BCUT2D eigenvalue weighted by Gasteiger charge is -2.34. The molecule has 13 heteroatoms. The highest BCUT2D eigenvalue weighted by molar-refractivity contribution is 8.13. The highest BCUT2D eigenvalue weighted by Gasteiger charge is 2.62. The molecule has 0 radical (unpaired) electrons. The Hall–Kier alpha value is -3.48. The zero-order valence-electron chi connectivity index (χ0n) is 23.1. The number of nitrogens with zero attached hydrogens (tertiary/aromatic N) is 5. The fraction of sp³-hybridized carbons (Fsp3) is 0.500. The number of nitrogens with one attached hydrogen (secondary N) is 2. The lowest BCUT2D eigenvalue weighted by Crippen LogP contribution is -2.40. The number of fused-ring (bicyclic) bond motifs is 4. The summed E-state index contributed by atoms with van der Waals surface area (Å²) in [7, 11) is 0. The number of carbonyl (C=O) groups excluding carboxylic acids is 1. The predicted octanol–water partition coefficient (Wildman–Crippen LogP) is 5.41. The lowest BCUT2D eigenvalue weighted by molar-refractivity contribution is -0.190. The third-order valence-corrected chi connectivity index (χ3v) is 8.71. The van der Waals surface area contributed by atoms with Crippen LogP contribution in [0, 0.1) is 11.3 Å². The van der Waals surface area contributed by atoms with Crippen molar-refractivity contribution in [2.24, 2.45) is 16.3 Å². The molecule has 1 saturated carbocycles. The molecule has 4 heterocycles. The topological polar surface area (TPSA) is 96.7 Å². The Morgan fingerprint density at radius 2 is 2.05 bits per heavy atom. The van der Waals surface area contributed by atoms with Crippen LogP contribution in [-0.2, 0) is 0 Å². The van der Waals surface area contributed by atoms with E-state index in [4.69, 9.17) is 9.72 Å². The van der Waals surface area contributed by atoms with Gasteiger partial charge in [-0.2, -0.15) is 13.2 Å². The molecule has 2 fully saturated rings. The number of alkyl halides is 3. The second-order valence-corrected chi connectivity index (χ2v) is 12.2. The van der Waals surface area contributed by atoms with E-state index in [1.807, 2.05) is 0 Å². The normalized spacial score (nSPS) is 23.4. The summed E-state index contributed by atoms with van der Waals surface area (Å²) in [6.07, 6.45) is 0.955. The third-order valence-electron chi connectivity index (χ3n) is 7.95. The number of hydrogen-bond donors (Lipinski definition) is 2. The van der Waals surface area contributed by atoms with Gasteiger partial charge in [-0.05, 0) is 70.1 Å². The second kappa shape index (κ2) is 11.1. The standard InChI is InChI=1S/C28H34F3N7O2S/c1-5-23-33-18(2)32-13-8-19-16-26(3,4)37(17-19)24-20(25(39)36-41-23)6-7-21(34-24)38-14-9-22(35-38)40-15-12-27(10-11-27)28(29,30)31/h5-7,9,14,19,32H,1-2,8,10-13,15-17H2,3-4H3,(H,36,39)/b33-23+. The number of pyridine rings is 1. The first-order chi connectivity index (χ1) is 19.4. The van der Waals surface area contributed by atoms with E-state index in [2.05, 4.69) is 52.0 Å². The summed E-state index contributed by atoms with van der Waals surface area (Å²) >= 11 is 1.04. The summed E-state index contributed by atoms with van der Waals surface area (Å²) in [5.74, 6) is 1.72. The number of anilines is 1. The van der Waals surface area contributed by atoms with Crippen LogP contribution in [-0.4, -0.2) is 57.1 Å². The van der Waals surface area contributed by atoms with Crippen LogP contribution in [0.1, 0.15) is 56.3 Å². The minimum atomic E-state index is -4.22. The Bertz CT molecular complexity index is 1370. The van der Waals surface area contributed by atoms with Crippen LogP contribution in [0.5, 0.6) is 5.88 Å². The zero-order chi connectivity index (χ0) is 29.4. The molecule has 41 heavy (non-hydrogen) atoms. The summed E-state index contributed by atoms with van der Waals surface area (Å²) in [4.78, 5) is 24.8. The summed E-state index contributed by atoms with van der Waals surface area (Å²) in [6, 6.07) is 4.98. The van der Waals surface area contributed by atoms with Crippen molar-refractivity contribution in [1.29, 1.82) is 0 Å². The minimum Gasteiger partial charge on any atom is -0.477 e. The molecule has 1 amide bonds. The number of ether oxygens (including phenoxy) is 1. The van der Waals surface area contributed by atoms with Gasteiger partial charge in [0.05, 0.1) is 17.6 Å². The van der Waals surface area contributed by atoms with Crippen molar-refractivity contribution >= 4 is 28.7 Å². The number of amides is 1. The summed E-state index contributed by atoms with van der Waals surface area (Å²) in [6.45, 7) is 13.3. The summed E-state index contributed by atoms with van der Waals surface area (Å²) in [5, 5.41) is 8.12. The van der Waals surface area contributed by atoms with Crippen molar-refractivity contribution in [2.45, 2.75) is 57.7 Å². The van der Waals surface area contributed by atoms with Gasteiger partial charge in [0, 0.05) is 42.8 Å². The maximum Gasteiger partial charge on any atom is 0.394 e. The Kier molecular flexibility index (Phi) is 7.84. The van der Waals surface area contributed by atoms with Crippen LogP contribution in [0.2, 0.25) is 0 Å². The Morgan fingerprint density at radius 1 is 1.27 bits per heavy atom. The molecule has 220 valence electrons. The highest BCUT2D eigenvalue weighted by Crippen LogP contribution is 2.59. The van der Waals surface area contributed by atoms with Gasteiger partial charge in [0.2, 0.25) is 5.88 Å². The van der Waals surface area contributed by atoms with E-state index < -0.39 is 11.6 Å². The first-order valence-corrected chi connectivity index (χ1v) is 14.4. The molecule has 2 aromatic rings. The molecule has 1 saturated heterocycles. The van der Waals surface area contributed by atoms with Crippen LogP contribution in [0.3, 0.4) is 0 Å². The smallest absolute Gasteiger partial charge is 0.394 e. The number of aliphatic imine (C=N–C) groups is 1. The van der Waals surface area contributed by atoms with E-state index in [9.17, 15) is 18.0 Å². The van der Waals surface area contributed by atoms with Crippen LogP contribution in [0.25, 0.3) is 5.82 Å².